The maximum absolute atomic E-state index is 11.8. The molecule has 2 aromatic heterocycles. The van der Waals surface area contributed by atoms with Crippen LogP contribution in [0.5, 0.6) is 0 Å². The van der Waals surface area contributed by atoms with Crippen LogP contribution in [0.15, 0.2) is 51.6 Å². The van der Waals surface area contributed by atoms with Crippen LogP contribution in [0, 0.1) is 0 Å². The summed E-state index contributed by atoms with van der Waals surface area (Å²) in [4.78, 5) is 16.2. The lowest BCUT2D eigenvalue weighted by Crippen LogP contribution is -2.22. The standard InChI is InChI=1S/C14H11BrN4O2/c15-11-7-6-10(21-11)14(20)16-8-12-17-13(19-18-12)9-4-2-1-3-5-9/h1-7H,8H2,(H,16,20)(H,17,18,19). The van der Waals surface area contributed by atoms with Crippen LogP contribution in [0.4, 0.5) is 0 Å². The second-order valence-electron chi connectivity index (χ2n) is 4.26. The molecule has 0 atom stereocenters. The fourth-order valence-electron chi connectivity index (χ4n) is 1.78. The van der Waals surface area contributed by atoms with Crippen LogP contribution >= 0.6 is 15.9 Å². The Morgan fingerprint density at radius 2 is 2.05 bits per heavy atom. The van der Waals surface area contributed by atoms with Crippen molar-refractivity contribution >= 4 is 21.8 Å². The maximum Gasteiger partial charge on any atom is 0.287 e. The van der Waals surface area contributed by atoms with E-state index >= 15 is 0 Å². The lowest BCUT2D eigenvalue weighted by molar-refractivity contribution is 0.0921. The van der Waals surface area contributed by atoms with E-state index in [2.05, 4.69) is 36.4 Å². The Balaban J connectivity index is 1.64. The number of aromatic amines is 1. The first-order valence-electron chi connectivity index (χ1n) is 6.22. The molecular formula is C14H11BrN4O2. The zero-order chi connectivity index (χ0) is 14.7. The second-order valence-corrected chi connectivity index (χ2v) is 5.04. The van der Waals surface area contributed by atoms with Gasteiger partial charge in [0, 0.05) is 5.56 Å². The van der Waals surface area contributed by atoms with Gasteiger partial charge >= 0.3 is 0 Å². The topological polar surface area (TPSA) is 83.8 Å². The second kappa shape index (κ2) is 5.92. The molecule has 106 valence electrons. The van der Waals surface area contributed by atoms with Gasteiger partial charge in [0.2, 0.25) is 0 Å². The number of hydrogen-bond acceptors (Lipinski definition) is 4. The minimum absolute atomic E-state index is 0.240. The third kappa shape index (κ3) is 3.19. The van der Waals surface area contributed by atoms with E-state index < -0.39 is 0 Å². The molecular weight excluding hydrogens is 336 g/mol. The van der Waals surface area contributed by atoms with Crippen molar-refractivity contribution in [3.63, 3.8) is 0 Å². The van der Waals surface area contributed by atoms with Crippen molar-refractivity contribution in [2.45, 2.75) is 6.54 Å². The largest absolute Gasteiger partial charge is 0.444 e. The number of hydrogen-bond donors (Lipinski definition) is 2. The normalized spacial score (nSPS) is 10.5. The molecule has 7 heteroatoms. The Hall–Kier alpha value is -2.41. The summed E-state index contributed by atoms with van der Waals surface area (Å²) in [5, 5.41) is 9.63. The summed E-state index contributed by atoms with van der Waals surface area (Å²) in [6.45, 7) is 0.247. The van der Waals surface area contributed by atoms with E-state index in [1.54, 1.807) is 12.1 Å². The van der Waals surface area contributed by atoms with Crippen molar-refractivity contribution in [2.24, 2.45) is 0 Å². The smallest absolute Gasteiger partial charge is 0.287 e. The van der Waals surface area contributed by atoms with Gasteiger partial charge in [-0.25, -0.2) is 4.98 Å². The van der Waals surface area contributed by atoms with Gasteiger partial charge in [-0.05, 0) is 28.1 Å². The Morgan fingerprint density at radius 3 is 2.76 bits per heavy atom. The lowest BCUT2D eigenvalue weighted by Gasteiger charge is -1.99. The van der Waals surface area contributed by atoms with Gasteiger partial charge in [-0.2, -0.15) is 5.10 Å². The minimum atomic E-state index is -0.307. The van der Waals surface area contributed by atoms with Gasteiger partial charge in [0.1, 0.15) is 5.82 Å². The number of halogens is 1. The van der Waals surface area contributed by atoms with Gasteiger partial charge in [0.05, 0.1) is 6.54 Å². The molecule has 0 fully saturated rings. The van der Waals surface area contributed by atoms with Crippen molar-refractivity contribution in [3.05, 3.63) is 58.7 Å². The number of carbonyl (C=O) groups excluding carboxylic acids is 1. The van der Waals surface area contributed by atoms with Crippen molar-refractivity contribution in [1.82, 2.24) is 20.5 Å². The van der Waals surface area contributed by atoms with Crippen molar-refractivity contribution < 1.29 is 9.21 Å². The summed E-state index contributed by atoms with van der Waals surface area (Å²) in [5.74, 6) is 1.11. The predicted molar refractivity (Wildman–Crippen MR) is 79.4 cm³/mol. The van der Waals surface area contributed by atoms with Gasteiger partial charge in [0.15, 0.2) is 16.3 Å². The predicted octanol–water partition coefficient (Wildman–Crippen LogP) is 2.76. The van der Waals surface area contributed by atoms with Gasteiger partial charge in [-0.15, -0.1) is 0 Å². The highest BCUT2D eigenvalue weighted by Gasteiger charge is 2.11. The third-order valence-corrected chi connectivity index (χ3v) is 3.20. The summed E-state index contributed by atoms with van der Waals surface area (Å²) >= 11 is 3.15. The van der Waals surface area contributed by atoms with Crippen LogP contribution in [0.3, 0.4) is 0 Å². The molecule has 0 saturated heterocycles. The maximum atomic E-state index is 11.8. The number of furan rings is 1. The molecule has 0 aliphatic heterocycles. The van der Waals surface area contributed by atoms with Crippen molar-refractivity contribution in [3.8, 4) is 11.4 Å². The van der Waals surface area contributed by atoms with Crippen molar-refractivity contribution in [1.29, 1.82) is 0 Å². The van der Waals surface area contributed by atoms with E-state index in [1.807, 2.05) is 30.3 Å². The number of aromatic nitrogens is 3. The molecule has 2 N–H and O–H groups in total. The van der Waals surface area contributed by atoms with Crippen LogP contribution in [-0.4, -0.2) is 21.1 Å². The van der Waals surface area contributed by atoms with E-state index in [4.69, 9.17) is 4.42 Å². The Morgan fingerprint density at radius 1 is 1.24 bits per heavy atom. The number of benzene rings is 1. The van der Waals surface area contributed by atoms with E-state index in [0.717, 1.165) is 5.56 Å². The summed E-state index contributed by atoms with van der Waals surface area (Å²) in [6.07, 6.45) is 0. The summed E-state index contributed by atoms with van der Waals surface area (Å²) in [7, 11) is 0. The number of carbonyl (C=O) groups is 1. The molecule has 0 aliphatic rings. The molecule has 1 aromatic carbocycles. The van der Waals surface area contributed by atoms with Crippen LogP contribution < -0.4 is 5.32 Å². The molecule has 3 rings (SSSR count). The molecule has 0 unspecified atom stereocenters. The summed E-state index contributed by atoms with van der Waals surface area (Å²) in [5.41, 5.74) is 0.918. The average Bonchev–Trinajstić information content (AvgIpc) is 3.15. The Bertz CT molecular complexity index is 751. The van der Waals surface area contributed by atoms with E-state index in [9.17, 15) is 4.79 Å². The van der Waals surface area contributed by atoms with Crippen molar-refractivity contribution in [2.75, 3.05) is 0 Å². The number of nitrogens with one attached hydrogen (secondary N) is 2. The molecule has 1 amide bonds. The molecule has 2 heterocycles. The molecule has 0 aliphatic carbocycles. The van der Waals surface area contributed by atoms with Gasteiger partial charge in [0.25, 0.3) is 5.91 Å². The van der Waals surface area contributed by atoms with Gasteiger partial charge in [-0.1, -0.05) is 30.3 Å². The number of rotatable bonds is 4. The fraction of sp³-hybridized carbons (Fsp3) is 0.0714. The van der Waals surface area contributed by atoms with Gasteiger partial charge < -0.3 is 9.73 Å². The summed E-state index contributed by atoms with van der Waals surface area (Å²) in [6, 6.07) is 12.9. The van der Waals surface area contributed by atoms with E-state index in [0.29, 0.717) is 16.3 Å². The molecule has 6 nitrogen and oxygen atoms in total. The first kappa shape index (κ1) is 13.6. The molecule has 3 aromatic rings. The number of nitrogens with zero attached hydrogens (tertiary/aromatic N) is 2. The summed E-state index contributed by atoms with van der Waals surface area (Å²) < 4.78 is 5.68. The molecule has 21 heavy (non-hydrogen) atoms. The first-order valence-corrected chi connectivity index (χ1v) is 7.02. The highest BCUT2D eigenvalue weighted by molar-refractivity contribution is 9.10. The SMILES string of the molecule is O=C(NCc1nc(-c2ccccc2)n[nH]1)c1ccc(Br)o1. The Labute approximate surface area is 128 Å². The zero-order valence-corrected chi connectivity index (χ0v) is 12.4. The molecule has 0 spiro atoms. The monoisotopic (exact) mass is 346 g/mol. The fourth-order valence-corrected chi connectivity index (χ4v) is 2.08. The minimum Gasteiger partial charge on any atom is -0.444 e. The van der Waals surface area contributed by atoms with E-state index in [1.165, 1.54) is 0 Å². The third-order valence-electron chi connectivity index (χ3n) is 2.78. The quantitative estimate of drug-likeness (QED) is 0.760. The first-order chi connectivity index (χ1) is 10.2. The number of amides is 1. The van der Waals surface area contributed by atoms with Crippen LogP contribution in [0.2, 0.25) is 0 Å². The Kier molecular flexibility index (Phi) is 3.83. The van der Waals surface area contributed by atoms with E-state index in [-0.39, 0.29) is 18.2 Å². The highest BCUT2D eigenvalue weighted by Crippen LogP contribution is 2.15. The molecule has 0 saturated carbocycles. The average molecular weight is 347 g/mol. The molecule has 0 radical (unpaired) electrons. The molecule has 0 bridgehead atoms. The van der Waals surface area contributed by atoms with Crippen LogP contribution in [-0.2, 0) is 6.54 Å². The number of H-pyrrole nitrogens is 1. The lowest BCUT2D eigenvalue weighted by atomic mass is 10.2. The van der Waals surface area contributed by atoms with Gasteiger partial charge in [-0.3, -0.25) is 9.89 Å². The highest BCUT2D eigenvalue weighted by atomic mass is 79.9. The zero-order valence-electron chi connectivity index (χ0n) is 10.8. The van der Waals surface area contributed by atoms with Crippen LogP contribution in [0.25, 0.3) is 11.4 Å². The van der Waals surface area contributed by atoms with Crippen LogP contribution in [0.1, 0.15) is 16.4 Å².